The van der Waals surface area contributed by atoms with E-state index in [2.05, 4.69) is 10.2 Å². The van der Waals surface area contributed by atoms with Crippen molar-refractivity contribution in [1.82, 2.24) is 15.1 Å². The molecule has 1 aromatic heterocycles. The maximum Gasteiger partial charge on any atom is 0.256 e. The molecule has 6 nitrogen and oxygen atoms in total. The zero-order valence-electron chi connectivity index (χ0n) is 15.5. The molecule has 0 N–H and O–H groups in total. The summed E-state index contributed by atoms with van der Waals surface area (Å²) in [4.78, 5) is 16.0. The minimum atomic E-state index is -0.850. The zero-order valence-corrected chi connectivity index (χ0v) is 15.5. The number of para-hydroxylation sites is 1. The lowest BCUT2D eigenvalue weighted by Crippen LogP contribution is -2.49. The topological polar surface area (TPSA) is 58.6 Å². The third kappa shape index (κ3) is 4.31. The first kappa shape index (κ1) is 18.8. The van der Waals surface area contributed by atoms with Gasteiger partial charge in [-0.2, -0.15) is 0 Å². The van der Waals surface area contributed by atoms with Crippen LogP contribution in [0, 0.1) is 11.6 Å². The molecule has 1 fully saturated rings. The maximum atomic E-state index is 13.9. The van der Waals surface area contributed by atoms with Gasteiger partial charge in [0, 0.05) is 38.3 Å². The molecule has 0 saturated carbocycles. The largest absolute Gasteiger partial charge is 0.438 e. The van der Waals surface area contributed by atoms with Gasteiger partial charge in [-0.1, -0.05) is 18.2 Å². The van der Waals surface area contributed by atoms with Crippen LogP contribution in [0.3, 0.4) is 0 Å². The summed E-state index contributed by atoms with van der Waals surface area (Å²) >= 11 is 0. The third-order valence-electron chi connectivity index (χ3n) is 4.64. The molecule has 0 unspecified atom stereocenters. The smallest absolute Gasteiger partial charge is 0.256 e. The molecule has 1 amide bonds. The summed E-state index contributed by atoms with van der Waals surface area (Å²) in [6.45, 7) is 1.86. The number of carbonyl (C=O) groups excluding carboxylic acids is 1. The lowest BCUT2D eigenvalue weighted by atomic mass is 10.1. The molecular weight excluding hydrogens is 378 g/mol. The van der Waals surface area contributed by atoms with Gasteiger partial charge < -0.3 is 14.5 Å². The van der Waals surface area contributed by atoms with Crippen molar-refractivity contribution in [1.29, 1.82) is 0 Å². The Kier molecular flexibility index (Phi) is 5.33. The van der Waals surface area contributed by atoms with Gasteiger partial charge in [0.2, 0.25) is 5.88 Å². The highest BCUT2D eigenvalue weighted by Gasteiger charge is 2.25. The van der Waals surface area contributed by atoms with Crippen molar-refractivity contribution in [2.24, 2.45) is 0 Å². The average Bonchev–Trinajstić information content (AvgIpc) is 2.75. The monoisotopic (exact) mass is 396 g/mol. The molecule has 0 atom stereocenters. The number of piperazine rings is 1. The Bertz CT molecular complexity index is 991. The van der Waals surface area contributed by atoms with Crippen LogP contribution in [0.4, 0.5) is 14.6 Å². The number of rotatable bonds is 4. The number of hydrogen-bond acceptors (Lipinski definition) is 5. The second-order valence-corrected chi connectivity index (χ2v) is 6.55. The fourth-order valence-corrected chi connectivity index (χ4v) is 3.12. The van der Waals surface area contributed by atoms with E-state index in [9.17, 15) is 13.6 Å². The normalized spacial score (nSPS) is 14.0. The molecule has 2 heterocycles. The van der Waals surface area contributed by atoms with E-state index in [0.29, 0.717) is 43.6 Å². The van der Waals surface area contributed by atoms with Crippen molar-refractivity contribution in [3.63, 3.8) is 0 Å². The van der Waals surface area contributed by atoms with Crippen molar-refractivity contribution >= 4 is 11.7 Å². The molecule has 1 saturated heterocycles. The molecule has 148 valence electrons. The van der Waals surface area contributed by atoms with E-state index in [-0.39, 0.29) is 5.56 Å². The molecule has 3 aromatic rings. The number of ether oxygens (including phenoxy) is 1. The second-order valence-electron chi connectivity index (χ2n) is 6.55. The van der Waals surface area contributed by atoms with Crippen LogP contribution in [-0.2, 0) is 0 Å². The SMILES string of the molecule is O=C(c1ccc(F)cc1F)N1CCN(c2ccc(Oc3ccccc3)nn2)CC1. The van der Waals surface area contributed by atoms with Crippen LogP contribution in [0.15, 0.2) is 60.7 Å². The lowest BCUT2D eigenvalue weighted by molar-refractivity contribution is 0.0741. The fourth-order valence-electron chi connectivity index (χ4n) is 3.12. The van der Waals surface area contributed by atoms with Gasteiger partial charge in [-0.25, -0.2) is 8.78 Å². The van der Waals surface area contributed by atoms with Gasteiger partial charge in [-0.05, 0) is 30.3 Å². The molecule has 0 bridgehead atoms. The van der Waals surface area contributed by atoms with E-state index in [1.54, 1.807) is 11.0 Å². The van der Waals surface area contributed by atoms with E-state index in [4.69, 9.17) is 4.74 Å². The summed E-state index contributed by atoms with van der Waals surface area (Å²) in [5.41, 5.74) is -0.123. The first-order valence-electron chi connectivity index (χ1n) is 9.16. The number of halogens is 2. The number of nitrogens with zero attached hydrogens (tertiary/aromatic N) is 4. The predicted molar refractivity (Wildman–Crippen MR) is 103 cm³/mol. The third-order valence-corrected chi connectivity index (χ3v) is 4.64. The molecular formula is C21H18F2N4O2. The van der Waals surface area contributed by atoms with E-state index in [1.165, 1.54) is 6.07 Å². The highest BCUT2D eigenvalue weighted by Crippen LogP contribution is 2.21. The summed E-state index contributed by atoms with van der Waals surface area (Å²) in [7, 11) is 0. The highest BCUT2D eigenvalue weighted by atomic mass is 19.1. The van der Waals surface area contributed by atoms with Crippen molar-refractivity contribution in [3.05, 3.63) is 77.9 Å². The summed E-state index contributed by atoms with van der Waals surface area (Å²) in [5.74, 6) is -0.264. The number of benzene rings is 2. The van der Waals surface area contributed by atoms with Gasteiger partial charge in [0.1, 0.15) is 17.4 Å². The summed E-state index contributed by atoms with van der Waals surface area (Å²) in [6.07, 6.45) is 0. The first-order chi connectivity index (χ1) is 14.1. The quantitative estimate of drug-likeness (QED) is 0.676. The van der Waals surface area contributed by atoms with Crippen LogP contribution < -0.4 is 9.64 Å². The molecule has 1 aliphatic rings. The van der Waals surface area contributed by atoms with E-state index >= 15 is 0 Å². The molecule has 0 spiro atoms. The minimum absolute atomic E-state index is 0.123. The molecule has 0 aliphatic carbocycles. The lowest BCUT2D eigenvalue weighted by Gasteiger charge is -2.35. The highest BCUT2D eigenvalue weighted by molar-refractivity contribution is 5.94. The van der Waals surface area contributed by atoms with Crippen molar-refractivity contribution < 1.29 is 18.3 Å². The maximum absolute atomic E-state index is 13.9. The summed E-state index contributed by atoms with van der Waals surface area (Å²) in [6, 6.07) is 15.8. The molecule has 8 heteroatoms. The Morgan fingerprint density at radius 3 is 2.31 bits per heavy atom. The van der Waals surface area contributed by atoms with Crippen LogP contribution in [0.2, 0.25) is 0 Å². The van der Waals surface area contributed by atoms with Gasteiger partial charge >= 0.3 is 0 Å². The number of hydrogen-bond donors (Lipinski definition) is 0. The van der Waals surface area contributed by atoms with Gasteiger partial charge in [-0.15, -0.1) is 10.2 Å². The minimum Gasteiger partial charge on any atom is -0.438 e. The number of carbonyl (C=O) groups is 1. The Morgan fingerprint density at radius 2 is 1.66 bits per heavy atom. The van der Waals surface area contributed by atoms with Gasteiger partial charge in [0.05, 0.1) is 5.56 Å². The van der Waals surface area contributed by atoms with E-state index in [1.807, 2.05) is 41.3 Å². The summed E-state index contributed by atoms with van der Waals surface area (Å²) < 4.78 is 32.5. The number of anilines is 1. The van der Waals surface area contributed by atoms with Gasteiger partial charge in [0.25, 0.3) is 5.91 Å². The van der Waals surface area contributed by atoms with Crippen LogP contribution in [0.25, 0.3) is 0 Å². The van der Waals surface area contributed by atoms with Crippen molar-refractivity contribution in [2.75, 3.05) is 31.1 Å². The van der Waals surface area contributed by atoms with Crippen LogP contribution in [-0.4, -0.2) is 47.2 Å². The second kappa shape index (κ2) is 8.22. The van der Waals surface area contributed by atoms with E-state index < -0.39 is 17.5 Å². The van der Waals surface area contributed by atoms with Crippen molar-refractivity contribution in [3.8, 4) is 11.6 Å². The Hall–Kier alpha value is -3.55. The first-order valence-corrected chi connectivity index (χ1v) is 9.16. The molecule has 1 aliphatic heterocycles. The van der Waals surface area contributed by atoms with Crippen LogP contribution in [0.5, 0.6) is 11.6 Å². The fraction of sp³-hybridized carbons (Fsp3) is 0.190. The summed E-state index contributed by atoms with van der Waals surface area (Å²) in [5, 5.41) is 8.29. The zero-order chi connectivity index (χ0) is 20.2. The molecule has 4 rings (SSSR count). The standard InChI is InChI=1S/C21H18F2N4O2/c22-15-6-7-17(18(23)14-15)21(28)27-12-10-26(11-13-27)19-8-9-20(25-24-19)29-16-4-2-1-3-5-16/h1-9,14H,10-13H2. The Balaban J connectivity index is 1.36. The molecule has 0 radical (unpaired) electrons. The Labute approximate surface area is 166 Å². The van der Waals surface area contributed by atoms with Gasteiger partial charge in [0.15, 0.2) is 5.82 Å². The van der Waals surface area contributed by atoms with Crippen molar-refractivity contribution in [2.45, 2.75) is 0 Å². The predicted octanol–water partition coefficient (Wildman–Crippen LogP) is 3.51. The Morgan fingerprint density at radius 1 is 0.897 bits per heavy atom. The number of amides is 1. The van der Waals surface area contributed by atoms with E-state index in [0.717, 1.165) is 12.1 Å². The van der Waals surface area contributed by atoms with Crippen LogP contribution in [0.1, 0.15) is 10.4 Å². The number of aromatic nitrogens is 2. The molecule has 2 aromatic carbocycles. The van der Waals surface area contributed by atoms with Gasteiger partial charge in [-0.3, -0.25) is 4.79 Å². The molecule has 29 heavy (non-hydrogen) atoms. The van der Waals surface area contributed by atoms with Crippen LogP contribution >= 0.6 is 0 Å². The average molecular weight is 396 g/mol.